The molecule has 0 spiro atoms. The van der Waals surface area contributed by atoms with E-state index >= 15 is 0 Å². The largest absolute Gasteiger partial charge is 0.462 e. The maximum absolute atomic E-state index is 12.6. The van der Waals surface area contributed by atoms with Crippen LogP contribution in [0.25, 0.3) is 10.9 Å². The Labute approximate surface area is 162 Å². The van der Waals surface area contributed by atoms with Gasteiger partial charge in [-0.15, -0.1) is 0 Å². The first-order valence-corrected chi connectivity index (χ1v) is 9.12. The molecule has 1 heterocycles. The number of H-pyrrole nitrogens is 1. The first-order chi connectivity index (χ1) is 13.5. The van der Waals surface area contributed by atoms with E-state index in [0.29, 0.717) is 29.7 Å². The molecule has 3 rings (SSSR count). The van der Waals surface area contributed by atoms with Crippen LogP contribution in [0.3, 0.4) is 0 Å². The molecule has 2 aromatic carbocycles. The highest BCUT2D eigenvalue weighted by Gasteiger charge is 2.20. The third kappa shape index (κ3) is 3.96. The minimum Gasteiger partial charge on any atom is -0.462 e. The fraction of sp³-hybridized carbons (Fsp3) is 0.227. The summed E-state index contributed by atoms with van der Waals surface area (Å²) < 4.78 is 10.1. The number of para-hydroxylation sites is 1. The van der Waals surface area contributed by atoms with E-state index < -0.39 is 11.5 Å². The number of rotatable bonds is 6. The van der Waals surface area contributed by atoms with Gasteiger partial charge in [0.05, 0.1) is 18.8 Å². The number of pyridine rings is 1. The SMILES string of the molecule is CCOC(=O)c1ccc(Cc2c(C(=O)OCC)c(=O)[nH]c3ccccc23)cc1. The number of ether oxygens (including phenoxy) is 2. The molecule has 0 aliphatic carbocycles. The van der Waals surface area contributed by atoms with E-state index in [2.05, 4.69) is 4.98 Å². The second-order valence-electron chi connectivity index (χ2n) is 6.17. The molecule has 6 nitrogen and oxygen atoms in total. The van der Waals surface area contributed by atoms with Crippen LogP contribution in [0.4, 0.5) is 0 Å². The number of nitrogens with one attached hydrogen (secondary N) is 1. The Kier molecular flexibility index (Phi) is 5.89. The highest BCUT2D eigenvalue weighted by atomic mass is 16.5. The van der Waals surface area contributed by atoms with E-state index in [4.69, 9.17) is 9.47 Å². The fourth-order valence-electron chi connectivity index (χ4n) is 3.09. The van der Waals surface area contributed by atoms with Gasteiger partial charge in [0.15, 0.2) is 0 Å². The Balaban J connectivity index is 2.06. The topological polar surface area (TPSA) is 85.5 Å². The van der Waals surface area contributed by atoms with E-state index in [0.717, 1.165) is 10.9 Å². The second kappa shape index (κ2) is 8.52. The highest BCUT2D eigenvalue weighted by molar-refractivity contribution is 5.97. The minimum absolute atomic E-state index is 0.00928. The molecule has 1 aromatic heterocycles. The van der Waals surface area contributed by atoms with E-state index in [1.54, 1.807) is 44.2 Å². The summed E-state index contributed by atoms with van der Waals surface area (Å²) in [5, 5.41) is 0.777. The molecule has 0 saturated heterocycles. The molecule has 0 atom stereocenters. The van der Waals surface area contributed by atoms with Gasteiger partial charge >= 0.3 is 11.9 Å². The summed E-state index contributed by atoms with van der Waals surface area (Å²) in [5.41, 5.74) is 2.09. The van der Waals surface area contributed by atoms with Crippen LogP contribution in [-0.4, -0.2) is 30.1 Å². The summed E-state index contributed by atoms with van der Waals surface area (Å²) in [6, 6.07) is 14.2. The average molecular weight is 379 g/mol. The van der Waals surface area contributed by atoms with Crippen molar-refractivity contribution in [2.75, 3.05) is 13.2 Å². The van der Waals surface area contributed by atoms with Crippen LogP contribution >= 0.6 is 0 Å². The summed E-state index contributed by atoms with van der Waals surface area (Å²) in [5.74, 6) is -1.03. The van der Waals surface area contributed by atoms with Crippen molar-refractivity contribution in [2.45, 2.75) is 20.3 Å². The number of fused-ring (bicyclic) bond motifs is 1. The lowest BCUT2D eigenvalue weighted by Crippen LogP contribution is -2.23. The molecule has 0 unspecified atom stereocenters. The Morgan fingerprint density at radius 2 is 1.54 bits per heavy atom. The maximum atomic E-state index is 12.6. The van der Waals surface area contributed by atoms with Crippen LogP contribution in [0, 0.1) is 0 Å². The van der Waals surface area contributed by atoms with Crippen LogP contribution in [-0.2, 0) is 15.9 Å². The van der Waals surface area contributed by atoms with Crippen LogP contribution in [0.1, 0.15) is 45.7 Å². The number of hydrogen-bond acceptors (Lipinski definition) is 5. The predicted octanol–water partition coefficient (Wildman–Crippen LogP) is 3.47. The Morgan fingerprint density at radius 3 is 2.21 bits per heavy atom. The average Bonchev–Trinajstić information content (AvgIpc) is 2.69. The monoisotopic (exact) mass is 379 g/mol. The maximum Gasteiger partial charge on any atom is 0.344 e. The van der Waals surface area contributed by atoms with Crippen molar-refractivity contribution >= 4 is 22.8 Å². The quantitative estimate of drug-likeness (QED) is 0.663. The first kappa shape index (κ1) is 19.4. The number of esters is 2. The highest BCUT2D eigenvalue weighted by Crippen LogP contribution is 2.22. The zero-order valence-electron chi connectivity index (χ0n) is 15.8. The predicted molar refractivity (Wildman–Crippen MR) is 106 cm³/mol. The van der Waals surface area contributed by atoms with E-state index in [-0.39, 0.29) is 18.1 Å². The van der Waals surface area contributed by atoms with Gasteiger partial charge in [-0.25, -0.2) is 9.59 Å². The molecule has 0 amide bonds. The van der Waals surface area contributed by atoms with Crippen LogP contribution in [0.5, 0.6) is 0 Å². The zero-order valence-corrected chi connectivity index (χ0v) is 15.8. The summed E-state index contributed by atoms with van der Waals surface area (Å²) in [6.07, 6.45) is 0.349. The van der Waals surface area contributed by atoms with E-state index in [9.17, 15) is 14.4 Å². The first-order valence-electron chi connectivity index (χ1n) is 9.12. The zero-order chi connectivity index (χ0) is 20.1. The molecule has 6 heteroatoms. The van der Waals surface area contributed by atoms with Crippen molar-refractivity contribution in [3.05, 3.63) is 81.1 Å². The molecule has 28 heavy (non-hydrogen) atoms. The Morgan fingerprint density at radius 1 is 0.893 bits per heavy atom. The molecule has 1 N–H and O–H groups in total. The van der Waals surface area contributed by atoms with Crippen LogP contribution < -0.4 is 5.56 Å². The Bertz CT molecular complexity index is 1070. The van der Waals surface area contributed by atoms with Crippen molar-refractivity contribution in [3.63, 3.8) is 0 Å². The van der Waals surface area contributed by atoms with Gasteiger partial charge in [0.25, 0.3) is 5.56 Å². The molecule has 0 fully saturated rings. The van der Waals surface area contributed by atoms with Crippen molar-refractivity contribution in [2.24, 2.45) is 0 Å². The number of carbonyl (C=O) groups is 2. The number of benzene rings is 2. The van der Waals surface area contributed by atoms with Crippen molar-refractivity contribution in [1.82, 2.24) is 4.98 Å². The third-order valence-corrected chi connectivity index (χ3v) is 4.35. The van der Waals surface area contributed by atoms with Gasteiger partial charge in [-0.05, 0) is 49.6 Å². The second-order valence-corrected chi connectivity index (χ2v) is 6.17. The molecular weight excluding hydrogens is 358 g/mol. The van der Waals surface area contributed by atoms with Crippen molar-refractivity contribution in [1.29, 1.82) is 0 Å². The summed E-state index contributed by atoms with van der Waals surface area (Å²) in [6.45, 7) is 3.93. The molecule has 0 aliphatic heterocycles. The van der Waals surface area contributed by atoms with Gasteiger partial charge in [-0.1, -0.05) is 30.3 Å². The summed E-state index contributed by atoms with van der Waals surface area (Å²) >= 11 is 0. The molecule has 0 saturated carbocycles. The molecule has 144 valence electrons. The third-order valence-electron chi connectivity index (χ3n) is 4.35. The van der Waals surface area contributed by atoms with Gasteiger partial charge in [-0.2, -0.15) is 0 Å². The van der Waals surface area contributed by atoms with Gasteiger partial charge in [0.1, 0.15) is 5.56 Å². The molecule has 0 bridgehead atoms. The van der Waals surface area contributed by atoms with Gasteiger partial charge < -0.3 is 14.5 Å². The van der Waals surface area contributed by atoms with Crippen LogP contribution in [0.2, 0.25) is 0 Å². The lowest BCUT2D eigenvalue weighted by molar-refractivity contribution is 0.0515. The van der Waals surface area contributed by atoms with E-state index in [1.165, 1.54) is 0 Å². The van der Waals surface area contributed by atoms with E-state index in [1.807, 2.05) is 18.2 Å². The minimum atomic E-state index is -0.646. The number of carbonyl (C=O) groups excluding carboxylic acids is 2. The summed E-state index contributed by atoms with van der Waals surface area (Å²) in [7, 11) is 0. The number of aromatic amines is 1. The molecule has 3 aromatic rings. The lowest BCUT2D eigenvalue weighted by Gasteiger charge is -2.12. The van der Waals surface area contributed by atoms with Crippen molar-refractivity contribution < 1.29 is 19.1 Å². The standard InChI is InChI=1S/C22H21NO5/c1-3-27-21(25)15-11-9-14(10-12-15)13-17-16-7-5-6-8-18(16)23-20(24)19(17)22(26)28-4-2/h5-12H,3-4,13H2,1-2H3,(H,23,24). The number of hydrogen-bond donors (Lipinski definition) is 1. The molecule has 0 radical (unpaired) electrons. The number of aromatic nitrogens is 1. The van der Waals surface area contributed by atoms with Gasteiger partial charge in [-0.3, -0.25) is 4.79 Å². The summed E-state index contributed by atoms with van der Waals surface area (Å²) in [4.78, 5) is 39.6. The van der Waals surface area contributed by atoms with Crippen LogP contribution in [0.15, 0.2) is 53.3 Å². The van der Waals surface area contributed by atoms with Gasteiger partial charge in [0, 0.05) is 10.9 Å². The fourth-order valence-corrected chi connectivity index (χ4v) is 3.09. The molecular formula is C22H21NO5. The normalized spacial score (nSPS) is 10.6. The smallest absolute Gasteiger partial charge is 0.344 e. The Hall–Kier alpha value is -3.41. The lowest BCUT2D eigenvalue weighted by atomic mass is 9.96. The molecule has 0 aliphatic rings. The van der Waals surface area contributed by atoms with Crippen molar-refractivity contribution in [3.8, 4) is 0 Å². The van der Waals surface area contributed by atoms with Gasteiger partial charge in [0.2, 0.25) is 0 Å².